The van der Waals surface area contributed by atoms with Gasteiger partial charge in [0.05, 0.1) is 6.26 Å². The van der Waals surface area contributed by atoms with E-state index < -0.39 is 12.8 Å². The van der Waals surface area contributed by atoms with Gasteiger partial charge in [-0.05, 0) is 11.1 Å². The van der Waals surface area contributed by atoms with Crippen molar-refractivity contribution in [3.8, 4) is 0 Å². The SMILES string of the molecule is FC(F)(F)COC=C(c1ccccc1)c1ccccc1. The molecule has 0 radical (unpaired) electrons. The lowest BCUT2D eigenvalue weighted by atomic mass is 9.99. The first-order valence-electron chi connectivity index (χ1n) is 6.05. The summed E-state index contributed by atoms with van der Waals surface area (Å²) in [6, 6.07) is 18.3. The maximum Gasteiger partial charge on any atom is 0.422 e. The van der Waals surface area contributed by atoms with E-state index in [0.717, 1.165) is 17.4 Å². The molecule has 0 unspecified atom stereocenters. The molecule has 0 atom stereocenters. The van der Waals surface area contributed by atoms with Crippen LogP contribution in [0.1, 0.15) is 11.1 Å². The highest BCUT2D eigenvalue weighted by molar-refractivity contribution is 5.78. The molecular formula is C16H13F3O. The van der Waals surface area contributed by atoms with Crippen molar-refractivity contribution >= 4 is 5.57 Å². The Kier molecular flexibility index (Phi) is 4.45. The Hall–Kier alpha value is -2.23. The van der Waals surface area contributed by atoms with E-state index in [1.807, 2.05) is 60.7 Å². The smallest absolute Gasteiger partial charge is 0.422 e. The van der Waals surface area contributed by atoms with E-state index in [-0.39, 0.29) is 0 Å². The normalized spacial score (nSPS) is 10.9. The lowest BCUT2D eigenvalue weighted by Gasteiger charge is -2.10. The molecule has 0 spiro atoms. The third kappa shape index (κ3) is 4.16. The summed E-state index contributed by atoms with van der Waals surface area (Å²) in [5, 5.41) is 0. The zero-order chi connectivity index (χ0) is 14.4. The minimum absolute atomic E-state index is 0.621. The van der Waals surface area contributed by atoms with Crippen LogP contribution in [-0.2, 0) is 4.74 Å². The average Bonchev–Trinajstić information content (AvgIpc) is 2.44. The maximum absolute atomic E-state index is 12.2. The summed E-state index contributed by atoms with van der Waals surface area (Å²) >= 11 is 0. The Bertz CT molecular complexity index is 518. The average molecular weight is 278 g/mol. The Morgan fingerprint density at radius 2 is 1.30 bits per heavy atom. The Labute approximate surface area is 115 Å². The minimum Gasteiger partial charge on any atom is -0.491 e. The standard InChI is InChI=1S/C16H13F3O/c17-16(18,19)12-20-11-15(13-7-3-1-4-8-13)14-9-5-2-6-10-14/h1-11H,12H2. The summed E-state index contributed by atoms with van der Waals surface area (Å²) in [6.07, 6.45) is -3.17. The van der Waals surface area contributed by atoms with Crippen LogP contribution < -0.4 is 0 Å². The molecule has 0 N–H and O–H groups in total. The molecule has 2 aromatic rings. The molecule has 0 aliphatic heterocycles. The molecular weight excluding hydrogens is 265 g/mol. The van der Waals surface area contributed by atoms with Crippen molar-refractivity contribution in [1.29, 1.82) is 0 Å². The van der Waals surface area contributed by atoms with Crippen LogP contribution in [0.25, 0.3) is 5.57 Å². The number of hydrogen-bond donors (Lipinski definition) is 0. The van der Waals surface area contributed by atoms with Crippen molar-refractivity contribution in [2.75, 3.05) is 6.61 Å². The van der Waals surface area contributed by atoms with Crippen LogP contribution in [0.5, 0.6) is 0 Å². The molecule has 2 aromatic carbocycles. The fourth-order valence-electron chi connectivity index (χ4n) is 1.76. The van der Waals surface area contributed by atoms with E-state index in [2.05, 4.69) is 4.74 Å². The summed E-state index contributed by atoms with van der Waals surface area (Å²) in [5.74, 6) is 0. The first kappa shape index (κ1) is 14.2. The molecule has 0 aliphatic carbocycles. The highest BCUT2D eigenvalue weighted by atomic mass is 19.4. The van der Waals surface area contributed by atoms with Crippen molar-refractivity contribution in [3.63, 3.8) is 0 Å². The molecule has 0 aromatic heterocycles. The van der Waals surface area contributed by atoms with Gasteiger partial charge in [0.1, 0.15) is 0 Å². The minimum atomic E-state index is -4.34. The number of rotatable bonds is 4. The van der Waals surface area contributed by atoms with Crippen LogP contribution in [0.3, 0.4) is 0 Å². The van der Waals surface area contributed by atoms with Gasteiger partial charge in [0, 0.05) is 5.57 Å². The number of hydrogen-bond acceptors (Lipinski definition) is 1. The zero-order valence-corrected chi connectivity index (χ0v) is 10.6. The van der Waals surface area contributed by atoms with Gasteiger partial charge in [-0.25, -0.2) is 0 Å². The van der Waals surface area contributed by atoms with Gasteiger partial charge in [0.15, 0.2) is 6.61 Å². The number of alkyl halides is 3. The number of halogens is 3. The Morgan fingerprint density at radius 3 is 1.70 bits per heavy atom. The third-order valence-electron chi connectivity index (χ3n) is 2.62. The quantitative estimate of drug-likeness (QED) is 0.739. The van der Waals surface area contributed by atoms with Crippen LogP contribution in [0, 0.1) is 0 Å². The van der Waals surface area contributed by atoms with E-state index in [9.17, 15) is 13.2 Å². The summed E-state index contributed by atoms with van der Waals surface area (Å²) in [5.41, 5.74) is 2.23. The number of benzene rings is 2. The van der Waals surface area contributed by atoms with E-state index in [4.69, 9.17) is 0 Å². The molecule has 1 nitrogen and oxygen atoms in total. The fraction of sp³-hybridized carbons (Fsp3) is 0.125. The predicted molar refractivity (Wildman–Crippen MR) is 72.0 cm³/mol. The van der Waals surface area contributed by atoms with Crippen LogP contribution in [0.4, 0.5) is 13.2 Å². The molecule has 0 fully saturated rings. The molecule has 2 rings (SSSR count). The van der Waals surface area contributed by atoms with E-state index >= 15 is 0 Å². The van der Waals surface area contributed by atoms with Gasteiger partial charge in [-0.1, -0.05) is 60.7 Å². The van der Waals surface area contributed by atoms with Crippen LogP contribution in [-0.4, -0.2) is 12.8 Å². The number of ether oxygens (including phenoxy) is 1. The Balaban J connectivity index is 2.28. The van der Waals surface area contributed by atoms with Crippen molar-refractivity contribution in [2.45, 2.75) is 6.18 Å². The molecule has 0 amide bonds. The zero-order valence-electron chi connectivity index (χ0n) is 10.6. The van der Waals surface area contributed by atoms with Gasteiger partial charge in [0.2, 0.25) is 0 Å². The van der Waals surface area contributed by atoms with Crippen LogP contribution in [0.2, 0.25) is 0 Å². The highest BCUT2D eigenvalue weighted by Gasteiger charge is 2.27. The van der Waals surface area contributed by atoms with Gasteiger partial charge in [-0.2, -0.15) is 13.2 Å². The second-order valence-corrected chi connectivity index (χ2v) is 4.19. The van der Waals surface area contributed by atoms with Crippen molar-refractivity contribution in [2.24, 2.45) is 0 Å². The van der Waals surface area contributed by atoms with Crippen molar-refractivity contribution < 1.29 is 17.9 Å². The summed E-state index contributed by atoms with van der Waals surface area (Å²) < 4.78 is 41.2. The molecule has 0 saturated heterocycles. The first-order chi connectivity index (χ1) is 9.56. The molecule has 0 aliphatic rings. The van der Waals surface area contributed by atoms with Crippen LogP contribution in [0.15, 0.2) is 66.9 Å². The van der Waals surface area contributed by atoms with Gasteiger partial charge in [-0.3, -0.25) is 0 Å². The van der Waals surface area contributed by atoms with Gasteiger partial charge in [0.25, 0.3) is 0 Å². The second-order valence-electron chi connectivity index (χ2n) is 4.19. The molecule has 0 saturated carbocycles. The van der Waals surface area contributed by atoms with Crippen molar-refractivity contribution in [1.82, 2.24) is 0 Å². The van der Waals surface area contributed by atoms with E-state index in [1.165, 1.54) is 0 Å². The van der Waals surface area contributed by atoms with Gasteiger partial charge < -0.3 is 4.74 Å². The summed E-state index contributed by atoms with van der Waals surface area (Å²) in [6.45, 7) is -1.30. The topological polar surface area (TPSA) is 9.23 Å². The highest BCUT2D eigenvalue weighted by Crippen LogP contribution is 2.24. The third-order valence-corrected chi connectivity index (χ3v) is 2.62. The van der Waals surface area contributed by atoms with Crippen LogP contribution >= 0.6 is 0 Å². The first-order valence-corrected chi connectivity index (χ1v) is 6.05. The summed E-state index contributed by atoms with van der Waals surface area (Å²) in [7, 11) is 0. The van der Waals surface area contributed by atoms with Gasteiger partial charge >= 0.3 is 6.18 Å². The molecule has 20 heavy (non-hydrogen) atoms. The molecule has 0 bridgehead atoms. The summed E-state index contributed by atoms with van der Waals surface area (Å²) in [4.78, 5) is 0. The lowest BCUT2D eigenvalue weighted by Crippen LogP contribution is -2.15. The Morgan fingerprint density at radius 1 is 0.850 bits per heavy atom. The fourth-order valence-corrected chi connectivity index (χ4v) is 1.76. The van der Waals surface area contributed by atoms with E-state index in [0.29, 0.717) is 5.57 Å². The van der Waals surface area contributed by atoms with E-state index in [1.54, 1.807) is 0 Å². The largest absolute Gasteiger partial charge is 0.491 e. The molecule has 104 valence electrons. The van der Waals surface area contributed by atoms with Gasteiger partial charge in [-0.15, -0.1) is 0 Å². The predicted octanol–water partition coefficient (Wildman–Crippen LogP) is 4.65. The van der Waals surface area contributed by atoms with Crippen molar-refractivity contribution in [3.05, 3.63) is 78.1 Å². The molecule has 0 heterocycles. The lowest BCUT2D eigenvalue weighted by molar-refractivity contribution is -0.161. The maximum atomic E-state index is 12.2. The second kappa shape index (κ2) is 6.28. The molecule has 4 heteroatoms. The monoisotopic (exact) mass is 278 g/mol.